The van der Waals surface area contributed by atoms with Crippen molar-refractivity contribution in [3.8, 4) is 0 Å². The van der Waals surface area contributed by atoms with Gasteiger partial charge in [0.25, 0.3) is 22.9 Å². The molecule has 2 saturated carbocycles. The van der Waals surface area contributed by atoms with Crippen LogP contribution in [0.1, 0.15) is 121 Å². The van der Waals surface area contributed by atoms with Crippen LogP contribution in [-0.2, 0) is 22.7 Å². The van der Waals surface area contributed by atoms with Crippen LogP contribution in [0.5, 0.6) is 0 Å². The highest BCUT2D eigenvalue weighted by Gasteiger charge is 2.59. The van der Waals surface area contributed by atoms with Gasteiger partial charge >= 0.3 is 0 Å². The van der Waals surface area contributed by atoms with Crippen molar-refractivity contribution in [1.82, 2.24) is 49.5 Å². The Morgan fingerprint density at radius 3 is 1.35 bits per heavy atom. The second kappa shape index (κ2) is 19.9. The van der Waals surface area contributed by atoms with E-state index in [1.54, 1.807) is 55.4 Å². The lowest BCUT2D eigenvalue weighted by Gasteiger charge is -2.38. The molecule has 4 bridgehead atoms. The van der Waals surface area contributed by atoms with Gasteiger partial charge in [-0.1, -0.05) is 50.0 Å². The lowest BCUT2D eigenvalue weighted by Crippen LogP contribution is -2.49. The smallest absolute Gasteiger partial charge is 0.274 e. The molecule has 10 rings (SSSR count). The lowest BCUT2D eigenvalue weighted by atomic mass is 9.86. The molecule has 4 aromatic heterocycles. The zero-order valence-corrected chi connectivity index (χ0v) is 38.3. The summed E-state index contributed by atoms with van der Waals surface area (Å²) in [5.74, 6) is -3.40. The number of hydrogen-bond donors (Lipinski definition) is 4. The van der Waals surface area contributed by atoms with Crippen LogP contribution in [0.3, 0.4) is 0 Å². The van der Waals surface area contributed by atoms with E-state index in [0.29, 0.717) is 22.5 Å². The second-order valence-corrected chi connectivity index (χ2v) is 18.6. The first-order valence-electron chi connectivity index (χ1n) is 23.8. The highest BCUT2D eigenvalue weighted by atomic mass is 16.3. The molecule has 18 heteroatoms. The summed E-state index contributed by atoms with van der Waals surface area (Å²) in [6.45, 7) is 3.58. The Balaban J connectivity index is 0.000000170. The summed E-state index contributed by atoms with van der Waals surface area (Å²) >= 11 is 0. The van der Waals surface area contributed by atoms with Crippen molar-refractivity contribution >= 4 is 35.8 Å². The Hall–Kier alpha value is -6.66. The maximum absolute atomic E-state index is 13.6. The van der Waals surface area contributed by atoms with Crippen molar-refractivity contribution in [2.45, 2.75) is 115 Å². The highest BCUT2D eigenvalue weighted by Crippen LogP contribution is 2.50. The van der Waals surface area contributed by atoms with E-state index in [2.05, 4.69) is 30.6 Å². The van der Waals surface area contributed by atoms with Crippen molar-refractivity contribution in [1.29, 1.82) is 0 Å². The SMILES string of the molecule is C/C=C/c1ccc2n(c1=O)C[C@@H]1[C@@H](CO)[C@H](C(=O)NC3CCCC3)[C@H]2N1C(=O)c1cnccn1.C/C=C\c1ccc2n(c1=O)C[C@@H]1[C@@H](CO)[C@H](C(=O)NC3CCCC3)[C@H]2N1C(=O)c1cnccn1. The number of carbonyl (C=O) groups is 4. The molecule has 0 aromatic carbocycles. The zero-order chi connectivity index (χ0) is 47.6. The molecule has 4 N–H and O–H groups in total. The van der Waals surface area contributed by atoms with Crippen LogP contribution in [0.15, 0.2) is 83.2 Å². The topological polar surface area (TPSA) is 235 Å². The summed E-state index contributed by atoms with van der Waals surface area (Å²) in [7, 11) is 0. The molecule has 356 valence electrons. The molecule has 68 heavy (non-hydrogen) atoms. The van der Waals surface area contributed by atoms with E-state index < -0.39 is 47.8 Å². The van der Waals surface area contributed by atoms with Crippen LogP contribution >= 0.6 is 0 Å². The van der Waals surface area contributed by atoms with E-state index >= 15 is 0 Å². The molecule has 0 radical (unpaired) electrons. The van der Waals surface area contributed by atoms with Gasteiger partial charge in [0.05, 0.1) is 48.4 Å². The van der Waals surface area contributed by atoms with E-state index in [-0.39, 0.29) is 84.5 Å². The van der Waals surface area contributed by atoms with Gasteiger partial charge < -0.3 is 39.8 Å². The Morgan fingerprint density at radius 1 is 0.618 bits per heavy atom. The molecule has 2 aliphatic carbocycles. The number of aliphatic hydroxyl groups excluding tert-OH is 2. The number of allylic oxidation sites excluding steroid dienone is 2. The van der Waals surface area contributed by atoms with Crippen LogP contribution in [0, 0.1) is 23.7 Å². The van der Waals surface area contributed by atoms with Gasteiger partial charge in [0.15, 0.2) is 0 Å². The number of nitrogens with one attached hydrogen (secondary N) is 2. The minimum atomic E-state index is -0.681. The summed E-state index contributed by atoms with van der Waals surface area (Å²) in [6, 6.07) is 4.93. The Bertz CT molecular complexity index is 2530. The predicted molar refractivity (Wildman–Crippen MR) is 249 cm³/mol. The molecule has 4 fully saturated rings. The number of hydrogen-bond acceptors (Lipinski definition) is 12. The molecular formula is C50H58N10O8. The largest absolute Gasteiger partial charge is 0.396 e. The third-order valence-electron chi connectivity index (χ3n) is 14.9. The fourth-order valence-corrected chi connectivity index (χ4v) is 11.8. The molecular weight excluding hydrogens is 869 g/mol. The van der Waals surface area contributed by atoms with Crippen LogP contribution in [-0.4, -0.2) is 110 Å². The summed E-state index contributed by atoms with van der Waals surface area (Å²) in [4.78, 5) is 101. The maximum Gasteiger partial charge on any atom is 0.274 e. The minimum absolute atomic E-state index is 0.107. The molecule has 18 nitrogen and oxygen atoms in total. The van der Waals surface area contributed by atoms with Gasteiger partial charge in [-0.15, -0.1) is 0 Å². The quantitative estimate of drug-likeness (QED) is 0.180. The maximum atomic E-state index is 13.6. The third-order valence-corrected chi connectivity index (χ3v) is 14.9. The summed E-state index contributed by atoms with van der Waals surface area (Å²) in [6.07, 6.45) is 23.9. The number of rotatable bonds is 10. The molecule has 4 amide bonds. The van der Waals surface area contributed by atoms with Gasteiger partial charge in [-0.05, 0) is 63.8 Å². The van der Waals surface area contributed by atoms with Crippen molar-refractivity contribution in [2.24, 2.45) is 23.7 Å². The lowest BCUT2D eigenvalue weighted by molar-refractivity contribution is -0.128. The molecule has 6 aliphatic rings. The number of fused-ring (bicyclic) bond motifs is 8. The summed E-state index contributed by atoms with van der Waals surface area (Å²) in [5, 5.41) is 27.1. The number of amides is 4. The van der Waals surface area contributed by atoms with E-state index in [1.165, 1.54) is 37.2 Å². The van der Waals surface area contributed by atoms with E-state index in [1.807, 2.05) is 26.0 Å². The van der Waals surface area contributed by atoms with Crippen molar-refractivity contribution in [2.75, 3.05) is 13.2 Å². The van der Waals surface area contributed by atoms with Crippen LogP contribution < -0.4 is 21.8 Å². The monoisotopic (exact) mass is 926 g/mol. The van der Waals surface area contributed by atoms with Gasteiger partial charge in [0.1, 0.15) is 11.4 Å². The average molecular weight is 927 g/mol. The van der Waals surface area contributed by atoms with Crippen molar-refractivity contribution < 1.29 is 29.4 Å². The average Bonchev–Trinajstić information content (AvgIpc) is 4.16. The van der Waals surface area contributed by atoms with Gasteiger partial charge in [-0.25, -0.2) is 9.97 Å². The van der Waals surface area contributed by atoms with E-state index in [0.717, 1.165) is 51.4 Å². The summed E-state index contributed by atoms with van der Waals surface area (Å²) in [5.41, 5.74) is 2.33. The number of pyridine rings is 2. The standard InChI is InChI=1S/2C25H29N5O4/c2*1-2-5-15-8-9-19-22-21(23(32)28-16-6-3-4-7-16)17(14-31)20(13-29(19)24(15)33)30(22)25(34)18-12-26-10-11-27-18/h2*2,5,8-12,16-17,20-22,31H,3-4,6-7,13-14H2,1H3,(H,28,32)/b5-2+;5-2-/t2*17-,20-,21+,22+/m11/s1. The van der Waals surface area contributed by atoms with Gasteiger partial charge in [0, 0.05) is 97.5 Å². The number of aromatic nitrogens is 6. The molecule has 0 spiro atoms. The zero-order valence-electron chi connectivity index (χ0n) is 38.3. The minimum Gasteiger partial charge on any atom is -0.396 e. The molecule has 0 unspecified atom stereocenters. The molecule has 8 heterocycles. The van der Waals surface area contributed by atoms with Crippen LogP contribution in [0.25, 0.3) is 12.2 Å². The predicted octanol–water partition coefficient (Wildman–Crippen LogP) is 3.07. The van der Waals surface area contributed by atoms with Crippen molar-refractivity contribution in [3.05, 3.63) is 128 Å². The van der Waals surface area contributed by atoms with Crippen LogP contribution in [0.4, 0.5) is 0 Å². The first-order chi connectivity index (χ1) is 33.1. The fourth-order valence-electron chi connectivity index (χ4n) is 11.8. The third kappa shape index (κ3) is 8.37. The van der Waals surface area contributed by atoms with Gasteiger partial charge in [0.2, 0.25) is 11.8 Å². The molecule has 2 saturated heterocycles. The normalized spacial score (nSPS) is 26.1. The van der Waals surface area contributed by atoms with Gasteiger partial charge in [-0.2, -0.15) is 0 Å². The number of aliphatic hydroxyl groups is 2. The molecule has 4 aliphatic heterocycles. The number of carbonyl (C=O) groups excluding carboxylic acids is 4. The Labute approximate surface area is 393 Å². The molecule has 4 aromatic rings. The van der Waals surface area contributed by atoms with E-state index in [4.69, 9.17) is 0 Å². The summed E-state index contributed by atoms with van der Waals surface area (Å²) < 4.78 is 3.33. The van der Waals surface area contributed by atoms with Crippen LogP contribution in [0.2, 0.25) is 0 Å². The fraction of sp³-hybridized carbons (Fsp3) is 0.480. The van der Waals surface area contributed by atoms with Gasteiger partial charge in [-0.3, -0.25) is 38.7 Å². The number of nitrogens with zero attached hydrogens (tertiary/aromatic N) is 8. The highest BCUT2D eigenvalue weighted by molar-refractivity contribution is 5.95. The molecule has 8 atom stereocenters. The first kappa shape index (κ1) is 46.5. The van der Waals surface area contributed by atoms with E-state index in [9.17, 15) is 39.0 Å². The Morgan fingerprint density at radius 2 is 1.01 bits per heavy atom. The Kier molecular flexibility index (Phi) is 13.6. The van der Waals surface area contributed by atoms with Crippen molar-refractivity contribution in [3.63, 3.8) is 0 Å². The first-order valence-corrected chi connectivity index (χ1v) is 23.8. The second-order valence-electron chi connectivity index (χ2n) is 18.6.